The van der Waals surface area contributed by atoms with Crippen molar-refractivity contribution in [3.63, 3.8) is 0 Å². The van der Waals surface area contributed by atoms with E-state index in [0.29, 0.717) is 5.75 Å². The normalized spacial score (nSPS) is 11.3. The summed E-state index contributed by atoms with van der Waals surface area (Å²) in [6, 6.07) is 13.5. The quantitative estimate of drug-likeness (QED) is 0.789. The van der Waals surface area contributed by atoms with Crippen molar-refractivity contribution in [3.8, 4) is 11.8 Å². The molecule has 0 bridgehead atoms. The molecule has 5 nitrogen and oxygen atoms in total. The topological polar surface area (TPSA) is 70.4 Å². The van der Waals surface area contributed by atoms with Crippen LogP contribution in [-0.2, 0) is 10.0 Å². The molecule has 0 spiro atoms. The number of nitrogens with zero attached hydrogens (tertiary/aromatic N) is 2. The number of aryl methyl sites for hydroxylation is 1. The van der Waals surface area contributed by atoms with Gasteiger partial charge in [0.05, 0.1) is 15.5 Å². The van der Waals surface area contributed by atoms with Crippen LogP contribution in [0.4, 0.5) is 0 Å². The fraction of sp³-hybridized carbons (Fsp3) is 0.235. The smallest absolute Gasteiger partial charge is 0.242 e. The molecule has 0 aliphatic carbocycles. The fourth-order valence-electron chi connectivity index (χ4n) is 2.05. The van der Waals surface area contributed by atoms with Gasteiger partial charge in [-0.25, -0.2) is 8.42 Å². The molecular formula is C17H17ClN2O3S. The van der Waals surface area contributed by atoms with E-state index in [1.807, 2.05) is 37.3 Å². The number of halogens is 1. The minimum Gasteiger partial charge on any atom is -0.492 e. The van der Waals surface area contributed by atoms with E-state index in [9.17, 15) is 8.42 Å². The Morgan fingerprint density at radius 2 is 2.00 bits per heavy atom. The second-order valence-electron chi connectivity index (χ2n) is 5.24. The molecule has 0 heterocycles. The zero-order chi connectivity index (χ0) is 17.7. The number of nitriles is 1. The van der Waals surface area contributed by atoms with Gasteiger partial charge in [-0.05, 0) is 42.8 Å². The molecule has 0 atom stereocenters. The second-order valence-corrected chi connectivity index (χ2v) is 7.70. The molecule has 0 amide bonds. The predicted octanol–water partition coefficient (Wildman–Crippen LogP) is 3.22. The number of likely N-dealkylation sites (N-methyl/N-ethyl adjacent to an activating group) is 1. The van der Waals surface area contributed by atoms with Crippen molar-refractivity contribution in [1.29, 1.82) is 5.26 Å². The van der Waals surface area contributed by atoms with Crippen LogP contribution >= 0.6 is 11.6 Å². The van der Waals surface area contributed by atoms with Crippen molar-refractivity contribution in [1.82, 2.24) is 4.31 Å². The Bertz CT molecular complexity index is 876. The molecule has 0 saturated heterocycles. The average Bonchev–Trinajstić information content (AvgIpc) is 2.55. The molecule has 0 aliphatic rings. The van der Waals surface area contributed by atoms with Gasteiger partial charge in [0.25, 0.3) is 0 Å². The van der Waals surface area contributed by atoms with Crippen molar-refractivity contribution < 1.29 is 13.2 Å². The SMILES string of the molecule is Cc1cccc(OCCN(C)S(=O)(=O)c2ccc(Cl)c(C#N)c2)c1. The van der Waals surface area contributed by atoms with E-state index in [2.05, 4.69) is 0 Å². The Morgan fingerprint density at radius 1 is 1.25 bits per heavy atom. The summed E-state index contributed by atoms with van der Waals surface area (Å²) in [5, 5.41) is 9.20. The molecule has 0 aliphatic heterocycles. The Kier molecular flexibility index (Phi) is 5.84. The van der Waals surface area contributed by atoms with E-state index >= 15 is 0 Å². The fourth-order valence-corrected chi connectivity index (χ4v) is 3.39. The molecule has 0 saturated carbocycles. The summed E-state index contributed by atoms with van der Waals surface area (Å²) in [5.41, 5.74) is 1.20. The first-order valence-corrected chi connectivity index (χ1v) is 9.02. The average molecular weight is 365 g/mol. The Morgan fingerprint density at radius 3 is 2.67 bits per heavy atom. The monoisotopic (exact) mass is 364 g/mol. The van der Waals surface area contributed by atoms with Gasteiger partial charge in [-0.1, -0.05) is 23.7 Å². The van der Waals surface area contributed by atoms with Crippen LogP contribution in [0, 0.1) is 18.3 Å². The molecule has 7 heteroatoms. The summed E-state index contributed by atoms with van der Waals surface area (Å²) in [5.74, 6) is 0.694. The van der Waals surface area contributed by atoms with E-state index in [1.54, 1.807) is 0 Å². The number of hydrogen-bond donors (Lipinski definition) is 0. The van der Waals surface area contributed by atoms with Gasteiger partial charge >= 0.3 is 0 Å². The maximum Gasteiger partial charge on any atom is 0.242 e. The van der Waals surface area contributed by atoms with Crippen molar-refractivity contribution in [2.75, 3.05) is 20.2 Å². The summed E-state index contributed by atoms with van der Waals surface area (Å²) in [6.45, 7) is 2.36. The molecule has 0 radical (unpaired) electrons. The van der Waals surface area contributed by atoms with E-state index in [4.69, 9.17) is 21.6 Å². The number of benzene rings is 2. The third-order valence-corrected chi connectivity index (χ3v) is 5.61. The van der Waals surface area contributed by atoms with Crippen molar-refractivity contribution in [3.05, 3.63) is 58.6 Å². The van der Waals surface area contributed by atoms with E-state index in [1.165, 1.54) is 29.6 Å². The van der Waals surface area contributed by atoms with E-state index in [0.717, 1.165) is 5.56 Å². The van der Waals surface area contributed by atoms with Crippen LogP contribution < -0.4 is 4.74 Å². The van der Waals surface area contributed by atoms with Gasteiger partial charge in [0.15, 0.2) is 0 Å². The van der Waals surface area contributed by atoms with Gasteiger partial charge in [0, 0.05) is 13.6 Å². The van der Waals surface area contributed by atoms with Gasteiger partial charge in [-0.3, -0.25) is 0 Å². The lowest BCUT2D eigenvalue weighted by molar-refractivity contribution is 0.286. The number of ether oxygens (including phenoxy) is 1. The summed E-state index contributed by atoms with van der Waals surface area (Å²) < 4.78 is 31.8. The van der Waals surface area contributed by atoms with Crippen LogP contribution in [0.5, 0.6) is 5.75 Å². The molecule has 126 valence electrons. The van der Waals surface area contributed by atoms with Crippen LogP contribution in [0.3, 0.4) is 0 Å². The summed E-state index contributed by atoms with van der Waals surface area (Å²) in [7, 11) is -2.24. The molecule has 0 N–H and O–H groups in total. The highest BCUT2D eigenvalue weighted by atomic mass is 35.5. The maximum atomic E-state index is 12.5. The Balaban J connectivity index is 2.05. The third kappa shape index (κ3) is 4.26. The zero-order valence-electron chi connectivity index (χ0n) is 13.4. The minimum atomic E-state index is -3.71. The Labute approximate surface area is 147 Å². The maximum absolute atomic E-state index is 12.5. The summed E-state index contributed by atoms with van der Waals surface area (Å²) >= 11 is 5.84. The van der Waals surface area contributed by atoms with E-state index < -0.39 is 10.0 Å². The molecule has 0 aromatic heterocycles. The zero-order valence-corrected chi connectivity index (χ0v) is 14.9. The van der Waals surface area contributed by atoms with Gasteiger partial charge in [0.1, 0.15) is 18.4 Å². The van der Waals surface area contributed by atoms with Gasteiger partial charge in [0.2, 0.25) is 10.0 Å². The lowest BCUT2D eigenvalue weighted by Gasteiger charge is -2.18. The van der Waals surface area contributed by atoms with Crippen molar-refractivity contribution in [2.45, 2.75) is 11.8 Å². The summed E-state index contributed by atoms with van der Waals surface area (Å²) in [4.78, 5) is 0.0292. The highest BCUT2D eigenvalue weighted by Crippen LogP contribution is 2.22. The summed E-state index contributed by atoms with van der Waals surface area (Å²) in [6.07, 6.45) is 0. The van der Waals surface area contributed by atoms with Gasteiger partial charge in [-0.2, -0.15) is 9.57 Å². The highest BCUT2D eigenvalue weighted by Gasteiger charge is 2.21. The molecule has 0 fully saturated rings. The highest BCUT2D eigenvalue weighted by molar-refractivity contribution is 7.89. The molecule has 24 heavy (non-hydrogen) atoms. The van der Waals surface area contributed by atoms with Crippen LogP contribution in [0.15, 0.2) is 47.4 Å². The second kappa shape index (κ2) is 7.67. The molecule has 0 unspecified atom stereocenters. The lowest BCUT2D eigenvalue weighted by Crippen LogP contribution is -2.31. The van der Waals surface area contributed by atoms with Crippen molar-refractivity contribution >= 4 is 21.6 Å². The van der Waals surface area contributed by atoms with Crippen molar-refractivity contribution in [2.24, 2.45) is 0 Å². The van der Waals surface area contributed by atoms with E-state index in [-0.39, 0.29) is 28.6 Å². The molecule has 2 aromatic carbocycles. The van der Waals surface area contributed by atoms with Gasteiger partial charge in [-0.15, -0.1) is 0 Å². The van der Waals surface area contributed by atoms with Gasteiger partial charge < -0.3 is 4.74 Å². The first-order valence-electron chi connectivity index (χ1n) is 7.20. The first kappa shape index (κ1) is 18.3. The Hall–Kier alpha value is -2.07. The predicted molar refractivity (Wildman–Crippen MR) is 92.7 cm³/mol. The van der Waals surface area contributed by atoms with Crippen LogP contribution in [-0.4, -0.2) is 32.9 Å². The number of hydrogen-bond acceptors (Lipinski definition) is 4. The van der Waals surface area contributed by atoms with Crippen LogP contribution in [0.2, 0.25) is 5.02 Å². The third-order valence-electron chi connectivity index (χ3n) is 3.43. The van der Waals surface area contributed by atoms with Crippen LogP contribution in [0.25, 0.3) is 0 Å². The molecule has 2 aromatic rings. The lowest BCUT2D eigenvalue weighted by atomic mass is 10.2. The van der Waals surface area contributed by atoms with Crippen LogP contribution in [0.1, 0.15) is 11.1 Å². The minimum absolute atomic E-state index is 0.0292. The molecule has 2 rings (SSSR count). The standard InChI is InChI=1S/C17H17ClN2O3S/c1-13-4-3-5-15(10-13)23-9-8-20(2)24(21,22)16-6-7-17(18)14(11-16)12-19/h3-7,10-11H,8-9H2,1-2H3. The molecular weight excluding hydrogens is 348 g/mol. The number of sulfonamides is 1. The number of rotatable bonds is 6. The largest absolute Gasteiger partial charge is 0.492 e. The first-order chi connectivity index (χ1) is 11.3.